The molecule has 6 nitrogen and oxygen atoms in total. The number of carbonyl (C=O) groups is 3. The lowest BCUT2D eigenvalue weighted by atomic mass is 10.2. The van der Waals surface area contributed by atoms with Gasteiger partial charge in [0.15, 0.2) is 0 Å². The maximum absolute atomic E-state index is 11.7. The first-order valence-corrected chi connectivity index (χ1v) is 5.12. The summed E-state index contributed by atoms with van der Waals surface area (Å²) < 4.78 is 14.1. The van der Waals surface area contributed by atoms with Crippen LogP contribution in [-0.4, -0.2) is 24.7 Å². The number of esters is 2. The third kappa shape index (κ3) is 3.89. The summed E-state index contributed by atoms with van der Waals surface area (Å²) in [5.74, 6) is -1.21. The monoisotopic (exact) mass is 252 g/mol. The molecule has 1 aromatic carbocycles. The highest BCUT2D eigenvalue weighted by Crippen LogP contribution is 2.19. The largest absolute Gasteiger partial charge is 0.428 e. The van der Waals surface area contributed by atoms with E-state index < -0.39 is 18.2 Å². The fraction of sp³-hybridized carbons (Fsp3) is 0.250. The van der Waals surface area contributed by atoms with E-state index in [-0.39, 0.29) is 17.8 Å². The van der Waals surface area contributed by atoms with Crippen molar-refractivity contribution in [1.29, 1.82) is 0 Å². The first-order valence-electron chi connectivity index (χ1n) is 5.12. The van der Waals surface area contributed by atoms with Gasteiger partial charge in [-0.3, -0.25) is 9.59 Å². The third-order valence-electron chi connectivity index (χ3n) is 1.88. The molecule has 0 heterocycles. The Morgan fingerprint density at radius 2 is 1.94 bits per heavy atom. The number of benzene rings is 1. The Hall–Kier alpha value is -2.37. The summed E-state index contributed by atoms with van der Waals surface area (Å²) in [5.41, 5.74) is 0.0778. The minimum Gasteiger partial charge on any atom is -0.428 e. The molecule has 0 fully saturated rings. The fourth-order valence-corrected chi connectivity index (χ4v) is 1.20. The van der Waals surface area contributed by atoms with Gasteiger partial charge in [0.25, 0.3) is 6.47 Å². The maximum Gasteiger partial charge on any atom is 0.345 e. The quantitative estimate of drug-likeness (QED) is 0.340. The van der Waals surface area contributed by atoms with Crippen molar-refractivity contribution in [2.75, 3.05) is 0 Å². The molecule has 0 radical (unpaired) electrons. The number of hydrogen-bond donors (Lipinski definition) is 0. The van der Waals surface area contributed by atoms with Gasteiger partial charge in [-0.25, -0.2) is 4.79 Å². The van der Waals surface area contributed by atoms with Gasteiger partial charge in [-0.2, -0.15) is 0 Å². The van der Waals surface area contributed by atoms with Crippen LogP contribution in [0.15, 0.2) is 24.3 Å². The second-order valence-corrected chi connectivity index (χ2v) is 3.30. The summed E-state index contributed by atoms with van der Waals surface area (Å²) in [4.78, 5) is 32.7. The van der Waals surface area contributed by atoms with Crippen LogP contribution >= 0.6 is 0 Å². The first-order chi connectivity index (χ1) is 8.54. The minimum atomic E-state index is -1.01. The molecule has 6 heteroatoms. The molecule has 0 N–H and O–H groups in total. The lowest BCUT2D eigenvalue weighted by Crippen LogP contribution is -2.18. The van der Waals surface area contributed by atoms with Gasteiger partial charge in [0.05, 0.1) is 0 Å². The van der Waals surface area contributed by atoms with Gasteiger partial charge in [0, 0.05) is 13.8 Å². The number of para-hydroxylation sites is 1. The fourth-order valence-electron chi connectivity index (χ4n) is 1.20. The van der Waals surface area contributed by atoms with Crippen molar-refractivity contribution in [2.45, 2.75) is 20.1 Å². The highest BCUT2D eigenvalue weighted by atomic mass is 16.7. The van der Waals surface area contributed by atoms with Crippen LogP contribution in [0.5, 0.6) is 5.75 Å². The van der Waals surface area contributed by atoms with Crippen LogP contribution in [0.25, 0.3) is 0 Å². The van der Waals surface area contributed by atoms with Crippen LogP contribution < -0.4 is 4.74 Å². The summed E-state index contributed by atoms with van der Waals surface area (Å²) in [6, 6.07) is 6.10. The SMILES string of the molecule is CC(=O)Oc1ccccc1C(=O)OC(C)OC=O. The van der Waals surface area contributed by atoms with Gasteiger partial charge in [-0.15, -0.1) is 0 Å². The van der Waals surface area contributed by atoms with E-state index in [1.807, 2.05) is 0 Å². The molecular weight excluding hydrogens is 240 g/mol. The Balaban J connectivity index is 2.84. The molecule has 0 aliphatic rings. The summed E-state index contributed by atoms with van der Waals surface area (Å²) in [6.45, 7) is 2.79. The molecular formula is C12H12O6. The predicted octanol–water partition coefficient (Wildman–Crippen LogP) is 1.29. The molecule has 1 unspecified atom stereocenters. The standard InChI is InChI=1S/C12H12O6/c1-8(14)17-11-6-4-3-5-10(11)12(15)18-9(2)16-7-13/h3-7,9H,1-2H3. The van der Waals surface area contributed by atoms with Gasteiger partial charge in [-0.05, 0) is 12.1 Å². The van der Waals surface area contributed by atoms with E-state index in [0.29, 0.717) is 0 Å². The average Bonchev–Trinajstić information content (AvgIpc) is 2.28. The molecule has 96 valence electrons. The maximum atomic E-state index is 11.7. The van der Waals surface area contributed by atoms with Gasteiger partial charge < -0.3 is 14.2 Å². The lowest BCUT2D eigenvalue weighted by molar-refractivity contribution is -0.149. The zero-order valence-corrected chi connectivity index (χ0v) is 9.91. The normalized spacial score (nSPS) is 11.2. The number of hydrogen-bond acceptors (Lipinski definition) is 6. The van der Waals surface area contributed by atoms with Crippen molar-refractivity contribution in [3.05, 3.63) is 29.8 Å². The predicted molar refractivity (Wildman–Crippen MR) is 59.8 cm³/mol. The van der Waals surface area contributed by atoms with E-state index in [1.54, 1.807) is 12.1 Å². The zero-order valence-electron chi connectivity index (χ0n) is 9.91. The Bertz CT molecular complexity index is 454. The van der Waals surface area contributed by atoms with E-state index in [0.717, 1.165) is 0 Å². The molecule has 0 amide bonds. The van der Waals surface area contributed by atoms with E-state index in [2.05, 4.69) is 4.74 Å². The molecule has 0 saturated carbocycles. The Morgan fingerprint density at radius 1 is 1.28 bits per heavy atom. The first kappa shape index (κ1) is 13.7. The number of carbonyl (C=O) groups excluding carboxylic acids is 3. The third-order valence-corrected chi connectivity index (χ3v) is 1.88. The molecule has 0 aliphatic heterocycles. The summed E-state index contributed by atoms with van der Waals surface area (Å²) in [7, 11) is 0. The van der Waals surface area contributed by atoms with Gasteiger partial charge in [0.1, 0.15) is 11.3 Å². The molecule has 0 saturated heterocycles. The number of ether oxygens (including phenoxy) is 3. The highest BCUT2D eigenvalue weighted by molar-refractivity contribution is 5.93. The lowest BCUT2D eigenvalue weighted by Gasteiger charge is -2.12. The van der Waals surface area contributed by atoms with Crippen LogP contribution in [-0.2, 0) is 19.1 Å². The molecule has 0 spiro atoms. The number of rotatable bonds is 5. The summed E-state index contributed by atoms with van der Waals surface area (Å²) in [6.07, 6.45) is -1.01. The van der Waals surface area contributed by atoms with Crippen molar-refractivity contribution in [1.82, 2.24) is 0 Å². The van der Waals surface area contributed by atoms with Crippen LogP contribution in [0.1, 0.15) is 24.2 Å². The van der Waals surface area contributed by atoms with Gasteiger partial charge in [0.2, 0.25) is 6.29 Å². The van der Waals surface area contributed by atoms with E-state index in [4.69, 9.17) is 9.47 Å². The molecule has 1 atom stereocenters. The summed E-state index contributed by atoms with van der Waals surface area (Å²) in [5, 5.41) is 0. The van der Waals surface area contributed by atoms with Crippen molar-refractivity contribution in [2.24, 2.45) is 0 Å². The molecule has 1 rings (SSSR count). The Kier molecular flexibility index (Phi) is 4.86. The van der Waals surface area contributed by atoms with Crippen molar-refractivity contribution in [3.63, 3.8) is 0 Å². The van der Waals surface area contributed by atoms with E-state index in [1.165, 1.54) is 26.0 Å². The smallest absolute Gasteiger partial charge is 0.345 e. The van der Waals surface area contributed by atoms with E-state index in [9.17, 15) is 14.4 Å². The average molecular weight is 252 g/mol. The van der Waals surface area contributed by atoms with Crippen LogP contribution in [0, 0.1) is 0 Å². The van der Waals surface area contributed by atoms with Crippen molar-refractivity contribution >= 4 is 18.4 Å². The Morgan fingerprint density at radius 3 is 2.56 bits per heavy atom. The summed E-state index contributed by atoms with van der Waals surface area (Å²) >= 11 is 0. The second kappa shape index (κ2) is 6.39. The van der Waals surface area contributed by atoms with Gasteiger partial charge in [-0.1, -0.05) is 12.1 Å². The van der Waals surface area contributed by atoms with Crippen molar-refractivity contribution < 1.29 is 28.6 Å². The molecule has 0 aromatic heterocycles. The topological polar surface area (TPSA) is 78.9 Å². The van der Waals surface area contributed by atoms with Crippen molar-refractivity contribution in [3.8, 4) is 5.75 Å². The Labute approximate surface area is 103 Å². The van der Waals surface area contributed by atoms with Gasteiger partial charge >= 0.3 is 11.9 Å². The molecule has 0 bridgehead atoms. The van der Waals surface area contributed by atoms with Crippen LogP contribution in [0.4, 0.5) is 0 Å². The molecule has 18 heavy (non-hydrogen) atoms. The molecule has 1 aromatic rings. The van der Waals surface area contributed by atoms with Crippen LogP contribution in [0.2, 0.25) is 0 Å². The molecule has 0 aliphatic carbocycles. The van der Waals surface area contributed by atoms with E-state index >= 15 is 0 Å². The minimum absolute atomic E-state index is 0.0778. The van der Waals surface area contributed by atoms with Crippen LogP contribution in [0.3, 0.4) is 0 Å². The second-order valence-electron chi connectivity index (χ2n) is 3.30. The zero-order chi connectivity index (χ0) is 13.5. The highest BCUT2D eigenvalue weighted by Gasteiger charge is 2.17.